The summed E-state index contributed by atoms with van der Waals surface area (Å²) >= 11 is 0. The van der Waals surface area contributed by atoms with E-state index in [0.29, 0.717) is 0 Å². The van der Waals surface area contributed by atoms with E-state index in [4.69, 9.17) is 14.4 Å². The zero-order valence-corrected chi connectivity index (χ0v) is 8.18. The van der Waals surface area contributed by atoms with E-state index < -0.39 is 8.25 Å². The molecule has 0 bridgehead atoms. The molecule has 0 saturated heterocycles. The van der Waals surface area contributed by atoms with E-state index in [2.05, 4.69) is 18.7 Å². The van der Waals surface area contributed by atoms with Gasteiger partial charge < -0.3 is 9.79 Å². The Kier molecular flexibility index (Phi) is 7.21. The van der Waals surface area contributed by atoms with Crippen LogP contribution in [0.3, 0.4) is 0 Å². The van der Waals surface area contributed by atoms with Crippen LogP contribution in [-0.2, 0) is 11.0 Å². The molecule has 0 aromatic heterocycles. The van der Waals surface area contributed by atoms with Gasteiger partial charge in [-0.3, -0.25) is 4.57 Å². The zero-order valence-electron chi connectivity index (χ0n) is 7.18. The topological polar surface area (TPSA) is 57.5 Å². The average molecular weight is 200 g/mol. The molecule has 72 valence electrons. The van der Waals surface area contributed by atoms with Crippen molar-refractivity contribution in [1.82, 2.24) is 0 Å². The molecule has 0 aliphatic rings. The smallest absolute Gasteiger partial charge is 0.314 e. The van der Waals surface area contributed by atoms with Gasteiger partial charge in [0.15, 0.2) is 0 Å². The van der Waals surface area contributed by atoms with Crippen LogP contribution >= 0.6 is 8.25 Å². The minimum atomic E-state index is -3.13. The third kappa shape index (κ3) is 9.02. The second-order valence-corrected chi connectivity index (χ2v) is 2.83. The van der Waals surface area contributed by atoms with E-state index in [9.17, 15) is 0 Å². The number of rotatable bonds is 2. The fourth-order valence-electron chi connectivity index (χ4n) is 0.781. The van der Waals surface area contributed by atoms with Crippen molar-refractivity contribution in [3.05, 3.63) is 48.6 Å². The highest BCUT2D eigenvalue weighted by atomic mass is 31.1. The van der Waals surface area contributed by atoms with Crippen molar-refractivity contribution in [2.45, 2.75) is 6.42 Å². The van der Waals surface area contributed by atoms with Gasteiger partial charge in [0.25, 0.3) is 0 Å². The number of benzene rings is 1. The molecular weight excluding hydrogens is 187 g/mol. The summed E-state index contributed by atoms with van der Waals surface area (Å²) in [7, 11) is -3.13. The van der Waals surface area contributed by atoms with Crippen LogP contribution < -0.4 is 0 Å². The molecule has 4 heteroatoms. The lowest BCUT2D eigenvalue weighted by atomic mass is 10.2. The summed E-state index contributed by atoms with van der Waals surface area (Å²) in [5, 5.41) is 0. The van der Waals surface area contributed by atoms with Gasteiger partial charge >= 0.3 is 8.25 Å². The number of hydrogen-bond acceptors (Lipinski definition) is 1. The first-order valence-electron chi connectivity index (χ1n) is 3.73. The van der Waals surface area contributed by atoms with E-state index in [1.54, 1.807) is 0 Å². The van der Waals surface area contributed by atoms with Gasteiger partial charge in [-0.15, -0.1) is 6.58 Å². The highest BCUT2D eigenvalue weighted by Crippen LogP contribution is 1.99. The standard InChI is InChI=1S/C9H10.H3O3P/c1-2-6-9-7-4-3-5-8-9;1-4(2)3/h2-5,7-8H,1,6H2;4H,(H2,1,2,3). The lowest BCUT2D eigenvalue weighted by molar-refractivity contribution is 0.405. The van der Waals surface area contributed by atoms with Crippen molar-refractivity contribution in [2.75, 3.05) is 0 Å². The molecule has 2 N–H and O–H groups in total. The first-order valence-corrected chi connectivity index (χ1v) is 5.03. The Bertz CT molecular complexity index is 255. The Labute approximate surface area is 78.3 Å². The van der Waals surface area contributed by atoms with Crippen molar-refractivity contribution in [3.8, 4) is 0 Å². The van der Waals surface area contributed by atoms with Crippen LogP contribution in [0.1, 0.15) is 5.56 Å². The Morgan fingerprint density at radius 3 is 2.15 bits per heavy atom. The van der Waals surface area contributed by atoms with Crippen molar-refractivity contribution in [2.24, 2.45) is 0 Å². The van der Waals surface area contributed by atoms with Gasteiger partial charge in [0.2, 0.25) is 0 Å². The second kappa shape index (κ2) is 7.74. The SMILES string of the molecule is C=CCc1ccccc1.O=[PH](O)O. The molecule has 0 heterocycles. The average Bonchev–Trinajstić information content (AvgIpc) is 2.06. The first kappa shape index (κ1) is 12.1. The van der Waals surface area contributed by atoms with Gasteiger partial charge in [-0.25, -0.2) is 0 Å². The summed E-state index contributed by atoms with van der Waals surface area (Å²) in [6, 6.07) is 10.3. The normalized spacial score (nSPS) is 8.85. The highest BCUT2D eigenvalue weighted by Gasteiger charge is 1.82. The molecule has 0 saturated carbocycles. The number of hydrogen-bond donors (Lipinski definition) is 2. The van der Waals surface area contributed by atoms with Crippen LogP contribution in [0, 0.1) is 0 Å². The van der Waals surface area contributed by atoms with Crippen molar-refractivity contribution in [3.63, 3.8) is 0 Å². The fraction of sp³-hybridized carbons (Fsp3) is 0.111. The molecule has 0 radical (unpaired) electrons. The predicted molar refractivity (Wildman–Crippen MR) is 53.8 cm³/mol. The minimum absolute atomic E-state index is 0.973. The lowest BCUT2D eigenvalue weighted by Crippen LogP contribution is -1.75. The second-order valence-electron chi connectivity index (χ2n) is 2.26. The van der Waals surface area contributed by atoms with E-state index in [1.807, 2.05) is 24.3 Å². The summed E-state index contributed by atoms with van der Waals surface area (Å²) in [4.78, 5) is 14.3. The Balaban J connectivity index is 0.000000310. The molecule has 0 spiro atoms. The molecule has 1 aromatic carbocycles. The van der Waals surface area contributed by atoms with Gasteiger partial charge in [0.1, 0.15) is 0 Å². The maximum atomic E-state index is 8.74. The largest absolute Gasteiger partial charge is 0.326 e. The van der Waals surface area contributed by atoms with Crippen LogP contribution in [0.15, 0.2) is 43.0 Å². The first-order chi connectivity index (χ1) is 6.16. The fourth-order valence-corrected chi connectivity index (χ4v) is 0.781. The van der Waals surface area contributed by atoms with E-state index in [-0.39, 0.29) is 0 Å². The van der Waals surface area contributed by atoms with Crippen LogP contribution in [0.25, 0.3) is 0 Å². The zero-order chi connectivity index (χ0) is 10.1. The number of allylic oxidation sites excluding steroid dienone is 1. The molecule has 0 aliphatic heterocycles. The molecule has 0 amide bonds. The van der Waals surface area contributed by atoms with E-state index in [1.165, 1.54) is 5.56 Å². The van der Waals surface area contributed by atoms with Crippen LogP contribution in [0.2, 0.25) is 0 Å². The predicted octanol–water partition coefficient (Wildman–Crippen LogP) is 1.78. The van der Waals surface area contributed by atoms with Crippen LogP contribution in [0.4, 0.5) is 0 Å². The third-order valence-corrected chi connectivity index (χ3v) is 1.22. The van der Waals surface area contributed by atoms with Gasteiger partial charge in [-0.05, 0) is 12.0 Å². The van der Waals surface area contributed by atoms with Gasteiger partial charge in [-0.2, -0.15) is 0 Å². The summed E-state index contributed by atoms with van der Waals surface area (Å²) < 4.78 is 8.74. The van der Waals surface area contributed by atoms with Gasteiger partial charge in [0.05, 0.1) is 0 Å². The van der Waals surface area contributed by atoms with Gasteiger partial charge in [-0.1, -0.05) is 36.4 Å². The molecular formula is C9H13O3P. The summed E-state index contributed by atoms with van der Waals surface area (Å²) in [5.41, 5.74) is 1.33. The van der Waals surface area contributed by atoms with Crippen molar-refractivity contribution < 1.29 is 14.4 Å². The van der Waals surface area contributed by atoms with Crippen molar-refractivity contribution >= 4 is 8.25 Å². The minimum Gasteiger partial charge on any atom is -0.326 e. The van der Waals surface area contributed by atoms with E-state index >= 15 is 0 Å². The molecule has 0 unspecified atom stereocenters. The molecule has 0 aliphatic carbocycles. The van der Waals surface area contributed by atoms with Crippen molar-refractivity contribution in [1.29, 1.82) is 0 Å². The molecule has 13 heavy (non-hydrogen) atoms. The lowest BCUT2D eigenvalue weighted by Gasteiger charge is -1.91. The molecule has 1 aromatic rings. The highest BCUT2D eigenvalue weighted by molar-refractivity contribution is 7.30. The monoisotopic (exact) mass is 200 g/mol. The molecule has 3 nitrogen and oxygen atoms in total. The molecule has 1 rings (SSSR count). The van der Waals surface area contributed by atoms with E-state index in [0.717, 1.165) is 6.42 Å². The molecule has 0 fully saturated rings. The summed E-state index contributed by atoms with van der Waals surface area (Å²) in [6.07, 6.45) is 2.89. The Morgan fingerprint density at radius 1 is 1.31 bits per heavy atom. The Hall–Kier alpha value is -0.890. The third-order valence-electron chi connectivity index (χ3n) is 1.22. The molecule has 0 atom stereocenters. The van der Waals surface area contributed by atoms with Gasteiger partial charge in [0, 0.05) is 0 Å². The Morgan fingerprint density at radius 2 is 1.77 bits per heavy atom. The van der Waals surface area contributed by atoms with Crippen LogP contribution in [0.5, 0.6) is 0 Å². The van der Waals surface area contributed by atoms with Crippen LogP contribution in [-0.4, -0.2) is 9.79 Å². The maximum absolute atomic E-state index is 8.74. The summed E-state index contributed by atoms with van der Waals surface area (Å²) in [6.45, 7) is 3.66. The summed E-state index contributed by atoms with van der Waals surface area (Å²) in [5.74, 6) is 0. The maximum Gasteiger partial charge on any atom is 0.314 e. The quantitative estimate of drug-likeness (QED) is 0.565.